The topological polar surface area (TPSA) is 349 Å². The monoisotopic (exact) mass is 844 g/mol. The lowest BCUT2D eigenvalue weighted by atomic mass is 9.66. The van der Waals surface area contributed by atoms with Gasteiger partial charge >= 0.3 is 0 Å². The van der Waals surface area contributed by atoms with Crippen molar-refractivity contribution in [1.29, 1.82) is 0 Å². The lowest BCUT2D eigenvalue weighted by Gasteiger charge is -2.46. The molecule has 0 aliphatic heterocycles. The Labute approximate surface area is 328 Å². The zero-order chi connectivity index (χ0) is 39.9. The number of hydrogen-bond acceptors (Lipinski definition) is 23. The number of azo groups is 3. The molecule has 0 bridgehead atoms. The van der Waals surface area contributed by atoms with Gasteiger partial charge in [0.1, 0.15) is 11.3 Å². The van der Waals surface area contributed by atoms with E-state index in [2.05, 4.69) is 40.0 Å². The molecule has 0 aromatic rings. The Morgan fingerprint density at radius 2 is 1.16 bits per heavy atom. The molecular formula is C30H56N10O12S3. The third kappa shape index (κ3) is 11.6. The van der Waals surface area contributed by atoms with E-state index in [1.54, 1.807) is 14.2 Å². The van der Waals surface area contributed by atoms with Gasteiger partial charge in [0, 0.05) is 75.3 Å². The van der Waals surface area contributed by atoms with E-state index in [0.717, 1.165) is 30.5 Å². The van der Waals surface area contributed by atoms with Crippen LogP contribution in [0.5, 0.6) is 0 Å². The maximum absolute atomic E-state index is 11.9. The molecule has 316 valence electrons. The minimum atomic E-state index is -4.37. The second-order valence-electron chi connectivity index (χ2n) is 15.3. The Morgan fingerprint density at radius 3 is 1.76 bits per heavy atom. The first-order valence-electron chi connectivity index (χ1n) is 18.5. The first-order chi connectivity index (χ1) is 26.3. The average Bonchev–Trinajstić information content (AvgIpc) is 3.15. The van der Waals surface area contributed by atoms with Crippen LogP contribution in [-0.4, -0.2) is 137 Å². The Morgan fingerprint density at radius 1 is 0.618 bits per heavy atom. The quantitative estimate of drug-likeness (QED) is 0.0381. The molecule has 22 nitrogen and oxygen atoms in total. The fraction of sp³-hybridized carbons (Fsp3) is 1.00. The molecule has 5 aliphatic rings. The van der Waals surface area contributed by atoms with Crippen molar-refractivity contribution < 1.29 is 56.8 Å². The van der Waals surface area contributed by atoms with Crippen molar-refractivity contribution in [3.8, 4) is 0 Å². The average molecular weight is 845 g/mol. The number of rotatable bonds is 15. The first kappa shape index (κ1) is 45.0. The number of nitrogens with two attached hydrogens (primary N) is 4. The van der Waals surface area contributed by atoms with Gasteiger partial charge in [-0.2, -0.15) is 39.1 Å². The van der Waals surface area contributed by atoms with E-state index in [-0.39, 0.29) is 66.2 Å². The third-order valence-corrected chi connectivity index (χ3v) is 15.1. The highest BCUT2D eigenvalue weighted by atomic mass is 32.2. The summed E-state index contributed by atoms with van der Waals surface area (Å²) in [5, 5.41) is 62.7. The van der Waals surface area contributed by atoms with Gasteiger partial charge in [-0.05, 0) is 63.2 Å². The minimum absolute atomic E-state index is 0.0286. The number of hydrogen-bond donors (Lipinski definition) is 8. The summed E-state index contributed by atoms with van der Waals surface area (Å²) in [6, 6.07) is -4.64. The van der Waals surface area contributed by atoms with Crippen LogP contribution < -0.4 is 22.9 Å². The van der Waals surface area contributed by atoms with Crippen molar-refractivity contribution >= 4 is 34.2 Å². The van der Waals surface area contributed by atoms with Crippen LogP contribution in [0.1, 0.15) is 64.2 Å². The zero-order valence-corrected chi connectivity index (χ0v) is 33.2. The third-order valence-electron chi connectivity index (χ3n) is 12.0. The maximum Gasteiger partial charge on any atom is 0.269 e. The molecule has 18 atom stereocenters. The van der Waals surface area contributed by atoms with Gasteiger partial charge in [-0.3, -0.25) is 4.55 Å². The molecule has 55 heavy (non-hydrogen) atoms. The molecule has 0 aromatic heterocycles. The molecule has 5 aliphatic carbocycles. The molecule has 5 rings (SSSR count). The number of methoxy groups -OCH3 is 2. The second kappa shape index (κ2) is 20.7. The van der Waals surface area contributed by atoms with E-state index in [1.807, 2.05) is 0 Å². The summed E-state index contributed by atoms with van der Waals surface area (Å²) in [7, 11) is -1.21. The number of aliphatic hydroxyl groups is 1. The standard InChI is InChI=1S/C30H56N10O12S3/c1-47-24-10-23(25(48-2)9-22(24)38-37-20-11-26(53-51-49-42)18(33)7-16(20)31)39-40-29-27(54-52-50-43)5-13-3-4-14(6-15(13)30(29)41)35-36-21-12-28(55(44,45)46)19(34)8-17(21)32/h13-30,41-43H,3-12,31-34H2,1-2H3,(H,44,45,46). The molecule has 18 unspecified atom stereocenters. The van der Waals surface area contributed by atoms with Crippen LogP contribution in [-0.2, 0) is 38.3 Å². The zero-order valence-electron chi connectivity index (χ0n) is 30.7. The van der Waals surface area contributed by atoms with Gasteiger partial charge in [0.05, 0.1) is 59.0 Å². The molecule has 5 fully saturated rings. The predicted molar refractivity (Wildman–Crippen MR) is 198 cm³/mol. The molecule has 0 aromatic carbocycles. The maximum atomic E-state index is 11.9. The van der Waals surface area contributed by atoms with E-state index < -0.39 is 63.0 Å². The number of aliphatic hydroxyl groups excluding tert-OH is 1. The minimum Gasteiger partial charge on any atom is -0.390 e. The van der Waals surface area contributed by atoms with Crippen LogP contribution in [0, 0.1) is 11.8 Å². The Hall–Kier alpha value is -1.11. The van der Waals surface area contributed by atoms with Gasteiger partial charge in [0.2, 0.25) is 0 Å². The fourth-order valence-electron chi connectivity index (χ4n) is 8.84. The predicted octanol–water partition coefficient (Wildman–Crippen LogP) is 1.59. The molecular weight excluding hydrogens is 789 g/mol. The fourth-order valence-corrected chi connectivity index (χ4v) is 11.3. The van der Waals surface area contributed by atoms with E-state index in [0.29, 0.717) is 44.9 Å². The number of ether oxygens (including phenoxy) is 2. The van der Waals surface area contributed by atoms with Crippen molar-refractivity contribution in [3.63, 3.8) is 0 Å². The van der Waals surface area contributed by atoms with Crippen molar-refractivity contribution in [2.75, 3.05) is 14.2 Å². The summed E-state index contributed by atoms with van der Waals surface area (Å²) in [5.74, 6) is -0.121. The van der Waals surface area contributed by atoms with Gasteiger partial charge in [-0.15, -0.1) is 8.67 Å². The highest BCUT2D eigenvalue weighted by Gasteiger charge is 2.49. The molecule has 0 heterocycles. The van der Waals surface area contributed by atoms with E-state index >= 15 is 0 Å². The van der Waals surface area contributed by atoms with Crippen LogP contribution in [0.4, 0.5) is 0 Å². The molecule has 0 radical (unpaired) electrons. The Balaban J connectivity index is 1.25. The summed E-state index contributed by atoms with van der Waals surface area (Å²) in [6.45, 7) is 0. The van der Waals surface area contributed by atoms with E-state index in [1.165, 1.54) is 0 Å². The smallest absolute Gasteiger partial charge is 0.269 e. The molecule has 0 saturated heterocycles. The molecule has 0 amide bonds. The van der Waals surface area contributed by atoms with Gasteiger partial charge < -0.3 is 37.5 Å². The second-order valence-corrected chi connectivity index (χ2v) is 18.8. The highest BCUT2D eigenvalue weighted by Crippen LogP contribution is 2.46. The van der Waals surface area contributed by atoms with Crippen LogP contribution in [0.3, 0.4) is 0 Å². The van der Waals surface area contributed by atoms with Crippen LogP contribution >= 0.6 is 24.1 Å². The van der Waals surface area contributed by atoms with Gasteiger partial charge in [-0.1, -0.05) is 10.1 Å². The molecule has 0 spiro atoms. The summed E-state index contributed by atoms with van der Waals surface area (Å²) in [6.07, 6.45) is 2.71. The first-order valence-corrected chi connectivity index (χ1v) is 21.6. The SMILES string of the molecule is COC1CC(N=NC2C(SOOO)CC3CCC(N=NC4CC(S(=O)(=O)O)C(N)CC4N)CC3C2O)C(OC)CC1N=NC1CC(SOOO)C(N)CC1N. The van der Waals surface area contributed by atoms with Crippen LogP contribution in [0.2, 0.25) is 0 Å². The summed E-state index contributed by atoms with van der Waals surface area (Å²) < 4.78 is 54.6. The van der Waals surface area contributed by atoms with Gasteiger partial charge in [-0.25, -0.2) is 10.5 Å². The van der Waals surface area contributed by atoms with Crippen LogP contribution in [0.15, 0.2) is 30.7 Å². The Kier molecular flexibility index (Phi) is 17.0. The summed E-state index contributed by atoms with van der Waals surface area (Å²) >= 11 is 1.78. The van der Waals surface area contributed by atoms with Crippen molar-refractivity contribution in [1.82, 2.24) is 0 Å². The summed E-state index contributed by atoms with van der Waals surface area (Å²) in [4.78, 5) is 0. The molecule has 25 heteroatoms. The normalized spacial score (nSPS) is 44.7. The van der Waals surface area contributed by atoms with E-state index in [4.69, 9.17) is 52.4 Å². The van der Waals surface area contributed by atoms with Crippen molar-refractivity contribution in [3.05, 3.63) is 0 Å². The lowest BCUT2D eigenvalue weighted by molar-refractivity contribution is -0.432. The molecule has 12 N–H and O–H groups in total. The Bertz CT molecular complexity index is 1410. The lowest BCUT2D eigenvalue weighted by Crippen LogP contribution is -2.54. The number of nitrogens with zero attached hydrogens (tertiary/aromatic N) is 6. The molecule has 5 saturated carbocycles. The summed E-state index contributed by atoms with van der Waals surface area (Å²) in [5.41, 5.74) is 24.8. The van der Waals surface area contributed by atoms with Gasteiger partial charge in [0.25, 0.3) is 10.1 Å². The number of fused-ring (bicyclic) bond motifs is 1. The van der Waals surface area contributed by atoms with E-state index in [9.17, 15) is 18.1 Å². The highest BCUT2D eigenvalue weighted by molar-refractivity contribution is 7.95. The van der Waals surface area contributed by atoms with Crippen molar-refractivity contribution in [2.45, 2.75) is 159 Å². The van der Waals surface area contributed by atoms with Crippen molar-refractivity contribution in [2.24, 2.45) is 65.5 Å². The largest absolute Gasteiger partial charge is 0.390 e. The van der Waals surface area contributed by atoms with Crippen LogP contribution in [0.25, 0.3) is 0 Å². The van der Waals surface area contributed by atoms with Gasteiger partial charge in [0.15, 0.2) is 0 Å².